The van der Waals surface area contributed by atoms with Gasteiger partial charge in [0.2, 0.25) is 0 Å². The molecule has 2 aliphatic carbocycles. The lowest BCUT2D eigenvalue weighted by atomic mass is 9.90. The van der Waals surface area contributed by atoms with Crippen LogP contribution >= 0.6 is 11.6 Å². The average Bonchev–Trinajstić information content (AvgIpc) is 3.12. The first-order chi connectivity index (χ1) is 10.6. The summed E-state index contributed by atoms with van der Waals surface area (Å²) in [5.74, 6) is 0.524. The molecule has 1 heterocycles. The third-order valence-corrected chi connectivity index (χ3v) is 5.33. The molecule has 1 atom stereocenters. The summed E-state index contributed by atoms with van der Waals surface area (Å²) in [6.45, 7) is 0. The standard InChI is InChI=1S/C17H19ClO4/c18-13-9-15-14(21-17(22-15)5-1-2-6-17)7-12(13)11(8-16(19)20)10-3-4-10/h7,9-11H,1-6,8H2,(H,19,20). The highest BCUT2D eigenvalue weighted by Gasteiger charge is 2.45. The number of hydrogen-bond donors (Lipinski definition) is 1. The fraction of sp³-hybridized carbons (Fsp3) is 0.588. The molecule has 4 rings (SSSR count). The molecule has 3 aliphatic rings. The van der Waals surface area contributed by atoms with E-state index in [1.54, 1.807) is 6.07 Å². The first-order valence-electron chi connectivity index (χ1n) is 8.00. The van der Waals surface area contributed by atoms with Crippen LogP contribution in [0.2, 0.25) is 5.02 Å². The molecular weight excluding hydrogens is 304 g/mol. The lowest BCUT2D eigenvalue weighted by molar-refractivity contribution is -0.137. The lowest BCUT2D eigenvalue weighted by Gasteiger charge is -2.21. The molecule has 118 valence electrons. The second-order valence-electron chi connectivity index (χ2n) is 6.68. The molecule has 0 aromatic heterocycles. The number of carbonyl (C=O) groups is 1. The van der Waals surface area contributed by atoms with Gasteiger partial charge in [0.05, 0.1) is 6.42 Å². The van der Waals surface area contributed by atoms with Gasteiger partial charge in [-0.3, -0.25) is 4.79 Å². The van der Waals surface area contributed by atoms with Crippen LogP contribution in [0.4, 0.5) is 0 Å². The molecule has 1 aliphatic heterocycles. The summed E-state index contributed by atoms with van der Waals surface area (Å²) in [6, 6.07) is 3.72. The summed E-state index contributed by atoms with van der Waals surface area (Å²) in [6.07, 6.45) is 6.29. The topological polar surface area (TPSA) is 55.8 Å². The highest BCUT2D eigenvalue weighted by atomic mass is 35.5. The molecule has 4 nitrogen and oxygen atoms in total. The molecule has 1 aromatic rings. The van der Waals surface area contributed by atoms with Crippen molar-refractivity contribution < 1.29 is 19.4 Å². The van der Waals surface area contributed by atoms with E-state index in [2.05, 4.69) is 0 Å². The van der Waals surface area contributed by atoms with Crippen molar-refractivity contribution in [3.63, 3.8) is 0 Å². The molecule has 1 N–H and O–H groups in total. The van der Waals surface area contributed by atoms with Crippen molar-refractivity contribution in [2.24, 2.45) is 5.92 Å². The van der Waals surface area contributed by atoms with Gasteiger partial charge in [0.1, 0.15) is 0 Å². The monoisotopic (exact) mass is 322 g/mol. The maximum atomic E-state index is 11.2. The van der Waals surface area contributed by atoms with Crippen LogP contribution in [0.25, 0.3) is 0 Å². The summed E-state index contributed by atoms with van der Waals surface area (Å²) >= 11 is 6.42. The van der Waals surface area contributed by atoms with Gasteiger partial charge >= 0.3 is 5.97 Å². The molecule has 0 amide bonds. The van der Waals surface area contributed by atoms with Gasteiger partial charge in [-0.25, -0.2) is 0 Å². The third kappa shape index (κ3) is 2.43. The fourth-order valence-corrected chi connectivity index (χ4v) is 4.05. The van der Waals surface area contributed by atoms with Crippen LogP contribution in [-0.2, 0) is 4.79 Å². The van der Waals surface area contributed by atoms with Crippen LogP contribution in [0.15, 0.2) is 12.1 Å². The molecule has 2 fully saturated rings. The van der Waals surface area contributed by atoms with Crippen molar-refractivity contribution in [1.29, 1.82) is 0 Å². The lowest BCUT2D eigenvalue weighted by Crippen LogP contribution is -2.34. The van der Waals surface area contributed by atoms with E-state index >= 15 is 0 Å². The molecule has 22 heavy (non-hydrogen) atoms. The number of fused-ring (bicyclic) bond motifs is 1. The zero-order valence-corrected chi connectivity index (χ0v) is 13.1. The highest BCUT2D eigenvalue weighted by molar-refractivity contribution is 6.31. The molecule has 0 bridgehead atoms. The predicted octanol–water partition coefficient (Wildman–Crippen LogP) is 4.35. The minimum atomic E-state index is -0.780. The Hall–Kier alpha value is -1.42. The number of carboxylic acids is 1. The molecule has 2 saturated carbocycles. The van der Waals surface area contributed by atoms with Gasteiger partial charge in [-0.05, 0) is 49.1 Å². The summed E-state index contributed by atoms with van der Waals surface area (Å²) in [5, 5.41) is 9.77. The van der Waals surface area contributed by atoms with Crippen LogP contribution in [0.5, 0.6) is 11.5 Å². The van der Waals surface area contributed by atoms with E-state index in [1.807, 2.05) is 6.07 Å². The fourth-order valence-electron chi connectivity index (χ4n) is 3.75. The van der Waals surface area contributed by atoms with Crippen LogP contribution in [0.3, 0.4) is 0 Å². The van der Waals surface area contributed by atoms with E-state index in [1.165, 1.54) is 0 Å². The van der Waals surface area contributed by atoms with Crippen LogP contribution in [-0.4, -0.2) is 16.9 Å². The number of rotatable bonds is 4. The number of benzene rings is 1. The Morgan fingerprint density at radius 3 is 2.50 bits per heavy atom. The summed E-state index contributed by atoms with van der Waals surface area (Å²) in [4.78, 5) is 11.2. The number of ether oxygens (including phenoxy) is 2. The van der Waals surface area contributed by atoms with Crippen LogP contribution < -0.4 is 9.47 Å². The zero-order chi connectivity index (χ0) is 15.3. The van der Waals surface area contributed by atoms with Crippen molar-refractivity contribution in [3.8, 4) is 11.5 Å². The molecule has 1 unspecified atom stereocenters. The number of hydrogen-bond acceptors (Lipinski definition) is 3. The van der Waals surface area contributed by atoms with Gasteiger partial charge < -0.3 is 14.6 Å². The first kappa shape index (κ1) is 14.2. The van der Waals surface area contributed by atoms with Crippen molar-refractivity contribution >= 4 is 17.6 Å². The number of aliphatic carboxylic acids is 1. The predicted molar refractivity (Wildman–Crippen MR) is 81.6 cm³/mol. The van der Waals surface area contributed by atoms with E-state index in [0.29, 0.717) is 16.7 Å². The summed E-state index contributed by atoms with van der Waals surface area (Å²) in [7, 11) is 0. The smallest absolute Gasteiger partial charge is 0.303 e. The van der Waals surface area contributed by atoms with Gasteiger partial charge in [-0.2, -0.15) is 0 Å². The Balaban J connectivity index is 1.66. The Morgan fingerprint density at radius 2 is 1.91 bits per heavy atom. The first-order valence-corrected chi connectivity index (χ1v) is 8.37. The van der Waals surface area contributed by atoms with Crippen molar-refractivity contribution in [1.82, 2.24) is 0 Å². The summed E-state index contributed by atoms with van der Waals surface area (Å²) < 4.78 is 12.1. The largest absolute Gasteiger partial charge is 0.481 e. The minimum absolute atomic E-state index is 0.0287. The highest BCUT2D eigenvalue weighted by Crippen LogP contribution is 2.52. The third-order valence-electron chi connectivity index (χ3n) is 5.01. The van der Waals surface area contributed by atoms with Gasteiger partial charge in [0.25, 0.3) is 5.79 Å². The Morgan fingerprint density at radius 1 is 1.27 bits per heavy atom. The van der Waals surface area contributed by atoms with Crippen molar-refractivity contribution in [3.05, 3.63) is 22.7 Å². The van der Waals surface area contributed by atoms with E-state index in [0.717, 1.165) is 49.8 Å². The Bertz CT molecular complexity index is 617. The minimum Gasteiger partial charge on any atom is -0.481 e. The zero-order valence-electron chi connectivity index (χ0n) is 12.3. The van der Waals surface area contributed by atoms with Crippen LogP contribution in [0.1, 0.15) is 56.4 Å². The second-order valence-corrected chi connectivity index (χ2v) is 7.09. The Labute approximate surface area is 134 Å². The molecule has 0 saturated heterocycles. The normalized spacial score (nSPS) is 23.0. The van der Waals surface area contributed by atoms with Crippen LogP contribution in [0, 0.1) is 5.92 Å². The van der Waals surface area contributed by atoms with Crippen molar-refractivity contribution in [2.45, 2.75) is 56.7 Å². The second kappa shape index (κ2) is 5.05. The number of halogens is 1. The molecule has 0 radical (unpaired) electrons. The number of carboxylic acid groups (broad SMARTS) is 1. The Kier molecular flexibility index (Phi) is 3.26. The van der Waals surface area contributed by atoms with Crippen molar-refractivity contribution in [2.75, 3.05) is 0 Å². The van der Waals surface area contributed by atoms with Gasteiger partial charge in [0.15, 0.2) is 11.5 Å². The van der Waals surface area contributed by atoms with Gasteiger partial charge in [-0.15, -0.1) is 0 Å². The quantitative estimate of drug-likeness (QED) is 0.895. The van der Waals surface area contributed by atoms with Gasteiger partial charge in [0, 0.05) is 23.9 Å². The van der Waals surface area contributed by atoms with E-state index < -0.39 is 11.8 Å². The van der Waals surface area contributed by atoms with E-state index in [9.17, 15) is 9.90 Å². The summed E-state index contributed by atoms with van der Waals surface area (Å²) in [5.41, 5.74) is 0.893. The molecule has 1 spiro atoms. The van der Waals surface area contributed by atoms with E-state index in [4.69, 9.17) is 21.1 Å². The van der Waals surface area contributed by atoms with E-state index in [-0.39, 0.29) is 12.3 Å². The molecule has 1 aromatic carbocycles. The molecular formula is C17H19ClO4. The molecule has 5 heteroatoms. The maximum absolute atomic E-state index is 11.2. The van der Waals surface area contributed by atoms with Gasteiger partial charge in [-0.1, -0.05) is 11.6 Å². The maximum Gasteiger partial charge on any atom is 0.303 e. The average molecular weight is 323 g/mol. The SMILES string of the molecule is O=C(O)CC(c1cc2c(cc1Cl)OC1(CCCC1)O2)C1CC1.